The Morgan fingerprint density at radius 1 is 1.46 bits per heavy atom. The number of nitrogens with zero attached hydrogens (tertiary/aromatic N) is 1. The average molecular weight is 177 g/mol. The van der Waals surface area contributed by atoms with Crippen LogP contribution in [-0.4, -0.2) is 7.85 Å². The molecule has 0 saturated heterocycles. The molecule has 0 fully saturated rings. The van der Waals surface area contributed by atoms with Gasteiger partial charge >= 0.3 is 0 Å². The molecule has 0 aliphatic carbocycles. The van der Waals surface area contributed by atoms with E-state index in [9.17, 15) is 0 Å². The Balaban J connectivity index is 3.78. The van der Waals surface area contributed by atoms with Gasteiger partial charge in [0.05, 0.1) is 19.3 Å². The molecule has 0 aliphatic heterocycles. The van der Waals surface area contributed by atoms with Crippen LogP contribution >= 0.6 is 0 Å². The lowest BCUT2D eigenvalue weighted by Gasteiger charge is -2.20. The van der Waals surface area contributed by atoms with Crippen LogP contribution in [-0.2, 0) is 0 Å². The fourth-order valence-electron chi connectivity index (χ4n) is 1.60. The molecule has 0 N–H and O–H groups in total. The summed E-state index contributed by atoms with van der Waals surface area (Å²) in [6.45, 7) is 6.20. The Morgan fingerprint density at radius 2 is 2.08 bits per heavy atom. The van der Waals surface area contributed by atoms with Gasteiger partial charge in [0.25, 0.3) is 0 Å². The number of rotatable bonds is 6. The van der Waals surface area contributed by atoms with E-state index < -0.39 is 0 Å². The first-order valence-electron chi connectivity index (χ1n) is 5.21. The van der Waals surface area contributed by atoms with Crippen LogP contribution in [0.5, 0.6) is 0 Å². The molecule has 0 bridgehead atoms. The number of hydrogen-bond donors (Lipinski definition) is 0. The molecule has 13 heavy (non-hydrogen) atoms. The summed E-state index contributed by atoms with van der Waals surface area (Å²) in [5.74, 6) is 0.268. The molecule has 0 aromatic heterocycles. The minimum absolute atomic E-state index is 0.121. The molecule has 0 aromatic rings. The fraction of sp³-hybridized carbons (Fsp3) is 0.909. The zero-order valence-electron chi connectivity index (χ0n) is 9.14. The molecule has 1 nitrogen and oxygen atoms in total. The molecule has 0 saturated carbocycles. The van der Waals surface area contributed by atoms with Gasteiger partial charge in [0.1, 0.15) is 0 Å². The summed E-state index contributed by atoms with van der Waals surface area (Å²) in [7, 11) is 5.65. The van der Waals surface area contributed by atoms with Crippen molar-refractivity contribution in [1.29, 1.82) is 5.26 Å². The molecule has 0 amide bonds. The molecular weight excluding hydrogens is 157 g/mol. The highest BCUT2D eigenvalue weighted by Gasteiger charge is 2.21. The van der Waals surface area contributed by atoms with Crippen molar-refractivity contribution in [3.63, 3.8) is 0 Å². The second-order valence-corrected chi connectivity index (χ2v) is 4.29. The van der Waals surface area contributed by atoms with Gasteiger partial charge in [-0.2, -0.15) is 5.26 Å². The quantitative estimate of drug-likeness (QED) is 0.570. The molecular formula is C11H20BN. The Bertz CT molecular complexity index is 171. The highest BCUT2D eigenvalue weighted by molar-refractivity contribution is 6.11. The topological polar surface area (TPSA) is 23.8 Å². The highest BCUT2D eigenvalue weighted by atomic mass is 14.3. The zero-order chi connectivity index (χ0) is 10.3. The van der Waals surface area contributed by atoms with Crippen molar-refractivity contribution in [2.75, 3.05) is 0 Å². The van der Waals surface area contributed by atoms with Crippen molar-refractivity contribution in [3.8, 4) is 6.07 Å². The lowest BCUT2D eigenvalue weighted by molar-refractivity contribution is 0.353. The lowest BCUT2D eigenvalue weighted by Crippen LogP contribution is -2.13. The second-order valence-electron chi connectivity index (χ2n) is 4.29. The van der Waals surface area contributed by atoms with Gasteiger partial charge in [-0.15, -0.1) is 0 Å². The Hall–Kier alpha value is -0.445. The van der Waals surface area contributed by atoms with Gasteiger partial charge in [-0.05, 0) is 19.8 Å². The van der Waals surface area contributed by atoms with Gasteiger partial charge in [0.2, 0.25) is 0 Å². The van der Waals surface area contributed by atoms with E-state index in [0.717, 1.165) is 32.1 Å². The van der Waals surface area contributed by atoms with Gasteiger partial charge < -0.3 is 0 Å². The van der Waals surface area contributed by atoms with Crippen LogP contribution in [0.4, 0.5) is 0 Å². The van der Waals surface area contributed by atoms with Crippen LogP contribution in [0, 0.1) is 16.7 Å². The molecule has 2 heteroatoms. The molecule has 0 aromatic carbocycles. The van der Waals surface area contributed by atoms with Crippen molar-refractivity contribution in [2.45, 2.75) is 58.7 Å². The second kappa shape index (κ2) is 6.08. The average Bonchev–Trinajstić information content (AvgIpc) is 2.04. The van der Waals surface area contributed by atoms with Crippen molar-refractivity contribution < 1.29 is 0 Å². The van der Waals surface area contributed by atoms with Gasteiger partial charge in [0.15, 0.2) is 0 Å². The van der Waals surface area contributed by atoms with Crippen LogP contribution < -0.4 is 0 Å². The molecule has 72 valence electrons. The van der Waals surface area contributed by atoms with E-state index in [1.165, 1.54) is 0 Å². The third-order valence-corrected chi connectivity index (χ3v) is 2.46. The first kappa shape index (κ1) is 12.6. The standard InChI is InChI=1S/C11H20BN/c1-4-7-11(3,9-13)8-5-6-10(2)12/h10H,4-8H2,1-3H3. The van der Waals surface area contributed by atoms with Crippen molar-refractivity contribution >= 4 is 7.85 Å². The van der Waals surface area contributed by atoms with E-state index in [2.05, 4.69) is 19.9 Å². The van der Waals surface area contributed by atoms with E-state index in [0.29, 0.717) is 0 Å². The van der Waals surface area contributed by atoms with Gasteiger partial charge in [-0.25, -0.2) is 0 Å². The van der Waals surface area contributed by atoms with Crippen LogP contribution in [0.15, 0.2) is 0 Å². The summed E-state index contributed by atoms with van der Waals surface area (Å²) < 4.78 is 0. The fourth-order valence-corrected chi connectivity index (χ4v) is 1.60. The zero-order valence-corrected chi connectivity index (χ0v) is 9.14. The van der Waals surface area contributed by atoms with Crippen molar-refractivity contribution in [3.05, 3.63) is 0 Å². The molecule has 0 rings (SSSR count). The molecule has 2 radical (unpaired) electrons. The summed E-state index contributed by atoms with van der Waals surface area (Å²) in [6, 6.07) is 2.41. The maximum absolute atomic E-state index is 9.00. The number of hydrogen-bond acceptors (Lipinski definition) is 1. The SMILES string of the molecule is [B]C(C)CCCC(C)(C#N)CCC. The number of nitriles is 1. The minimum Gasteiger partial charge on any atom is -0.198 e. The highest BCUT2D eigenvalue weighted by Crippen LogP contribution is 2.29. The third-order valence-electron chi connectivity index (χ3n) is 2.46. The monoisotopic (exact) mass is 177 g/mol. The molecule has 2 unspecified atom stereocenters. The summed E-state index contributed by atoms with van der Waals surface area (Å²) >= 11 is 0. The van der Waals surface area contributed by atoms with E-state index in [-0.39, 0.29) is 11.2 Å². The van der Waals surface area contributed by atoms with E-state index in [4.69, 9.17) is 13.1 Å². The largest absolute Gasteiger partial charge is 0.198 e. The summed E-state index contributed by atoms with van der Waals surface area (Å²) in [6.07, 6.45) is 5.17. The molecule has 0 spiro atoms. The third kappa shape index (κ3) is 5.74. The normalized spacial score (nSPS) is 17.4. The Morgan fingerprint density at radius 3 is 2.46 bits per heavy atom. The maximum Gasteiger partial charge on any atom is 0.0695 e. The van der Waals surface area contributed by atoms with Crippen LogP contribution in [0.2, 0.25) is 5.82 Å². The van der Waals surface area contributed by atoms with Gasteiger partial charge in [-0.3, -0.25) is 0 Å². The van der Waals surface area contributed by atoms with E-state index >= 15 is 0 Å². The van der Waals surface area contributed by atoms with E-state index in [1.54, 1.807) is 0 Å². The molecule has 0 aliphatic rings. The Labute approximate surface area is 83.9 Å². The lowest BCUT2D eigenvalue weighted by atomic mass is 9.79. The van der Waals surface area contributed by atoms with Crippen molar-refractivity contribution in [1.82, 2.24) is 0 Å². The van der Waals surface area contributed by atoms with Gasteiger partial charge in [0, 0.05) is 0 Å². The summed E-state index contributed by atoms with van der Waals surface area (Å²) in [5, 5.41) is 9.00. The summed E-state index contributed by atoms with van der Waals surface area (Å²) in [4.78, 5) is 0. The van der Waals surface area contributed by atoms with Crippen LogP contribution in [0.25, 0.3) is 0 Å². The first-order chi connectivity index (χ1) is 6.04. The van der Waals surface area contributed by atoms with E-state index in [1.807, 2.05) is 6.92 Å². The first-order valence-corrected chi connectivity index (χ1v) is 5.21. The maximum atomic E-state index is 9.00. The minimum atomic E-state index is -0.121. The summed E-state index contributed by atoms with van der Waals surface area (Å²) in [5.41, 5.74) is -0.121. The molecule has 2 atom stereocenters. The molecule has 0 heterocycles. The van der Waals surface area contributed by atoms with Crippen molar-refractivity contribution in [2.24, 2.45) is 5.41 Å². The predicted octanol–water partition coefficient (Wildman–Crippen LogP) is 3.46. The smallest absolute Gasteiger partial charge is 0.0695 e. The predicted molar refractivity (Wildman–Crippen MR) is 57.7 cm³/mol. The van der Waals surface area contributed by atoms with Gasteiger partial charge in [-0.1, -0.05) is 38.9 Å². The van der Waals surface area contributed by atoms with Crippen LogP contribution in [0.3, 0.4) is 0 Å². The van der Waals surface area contributed by atoms with Crippen LogP contribution in [0.1, 0.15) is 52.9 Å². The Kier molecular flexibility index (Phi) is 5.87.